The molecule has 2 N–H and O–H groups in total. The Morgan fingerprint density at radius 3 is 2.61 bits per heavy atom. The Bertz CT molecular complexity index is 1390. The monoisotopic (exact) mass is 426 g/mol. The normalized spacial score (nSPS) is 14.3. The summed E-state index contributed by atoms with van der Waals surface area (Å²) in [6.45, 7) is 0. The molecule has 31 heavy (non-hydrogen) atoms. The first-order valence-electron chi connectivity index (χ1n) is 9.52. The molecule has 0 unspecified atom stereocenters. The Balaban J connectivity index is 1.55. The quantitative estimate of drug-likeness (QED) is 0.387. The molecule has 1 saturated carbocycles. The van der Waals surface area contributed by atoms with Gasteiger partial charge in [0.2, 0.25) is 5.62 Å². The molecule has 1 fully saturated rings. The summed E-state index contributed by atoms with van der Waals surface area (Å²) in [4.78, 5) is 3.84. The lowest BCUT2D eigenvalue weighted by molar-refractivity contribution is 0.0665. The van der Waals surface area contributed by atoms with Gasteiger partial charge in [-0.2, -0.15) is 19.0 Å². The average Bonchev–Trinajstić information content (AvgIpc) is 3.34. The molecule has 3 aromatic heterocycles. The van der Waals surface area contributed by atoms with Crippen LogP contribution in [0.15, 0.2) is 43.1 Å². The fourth-order valence-corrected chi connectivity index (χ4v) is 3.46. The van der Waals surface area contributed by atoms with Crippen LogP contribution in [-0.2, 0) is 13.0 Å². The molecule has 0 aliphatic heterocycles. The van der Waals surface area contributed by atoms with Gasteiger partial charge in [-0.3, -0.25) is 24.7 Å². The van der Waals surface area contributed by atoms with Crippen LogP contribution >= 0.6 is 0 Å². The molecule has 4 aromatic rings. The van der Waals surface area contributed by atoms with Gasteiger partial charge in [0.25, 0.3) is 0 Å². The van der Waals surface area contributed by atoms with E-state index in [0.717, 1.165) is 25.0 Å². The van der Waals surface area contributed by atoms with Crippen molar-refractivity contribution < 1.29 is 13.2 Å². The van der Waals surface area contributed by atoms with Gasteiger partial charge in [-0.25, -0.2) is 9.37 Å². The first kappa shape index (κ1) is 19.2. The SMILES string of the molecule is Cn1cc2cc(C(F)(F)C(=N)n3cc(-c4cnn(C5CC5)c4)cnc3=N)c(F)cc2n1. The van der Waals surface area contributed by atoms with Crippen molar-refractivity contribution in [1.82, 2.24) is 29.1 Å². The van der Waals surface area contributed by atoms with Crippen LogP contribution in [0.2, 0.25) is 0 Å². The fraction of sp³-hybridized carbons (Fsp3) is 0.250. The third kappa shape index (κ3) is 3.22. The molecular weight excluding hydrogens is 409 g/mol. The Hall–Kier alpha value is -3.76. The van der Waals surface area contributed by atoms with E-state index in [-0.39, 0.29) is 5.52 Å². The van der Waals surface area contributed by atoms with E-state index in [2.05, 4.69) is 15.2 Å². The number of rotatable bonds is 4. The first-order valence-corrected chi connectivity index (χ1v) is 9.52. The highest BCUT2D eigenvalue weighted by Gasteiger charge is 2.42. The molecule has 0 atom stereocenters. The molecule has 0 saturated heterocycles. The van der Waals surface area contributed by atoms with Crippen molar-refractivity contribution in [2.24, 2.45) is 7.05 Å². The van der Waals surface area contributed by atoms with Gasteiger partial charge in [0.1, 0.15) is 5.82 Å². The fourth-order valence-electron chi connectivity index (χ4n) is 3.46. The summed E-state index contributed by atoms with van der Waals surface area (Å²) in [7, 11) is 1.60. The number of nitrogens with one attached hydrogen (secondary N) is 2. The Labute approximate surface area is 173 Å². The molecule has 1 aliphatic carbocycles. The topological polar surface area (TPSA) is 101 Å². The minimum absolute atomic E-state index is 0.233. The van der Waals surface area contributed by atoms with E-state index in [4.69, 9.17) is 10.8 Å². The number of hydrogen-bond donors (Lipinski definition) is 2. The standard InChI is InChI=1S/C20H17F3N8/c1-29-8-11-4-15(16(21)5-17(11)28-29)20(22,23)18(24)30-9-12(6-26-19(30)25)13-7-27-31(10-13)14-2-3-14/h4-10,14,24-25H,2-3H2,1H3. The third-order valence-corrected chi connectivity index (χ3v) is 5.26. The molecule has 158 valence electrons. The van der Waals surface area contributed by atoms with E-state index in [0.29, 0.717) is 27.1 Å². The van der Waals surface area contributed by atoms with Crippen LogP contribution in [0.25, 0.3) is 22.0 Å². The summed E-state index contributed by atoms with van der Waals surface area (Å²) in [6.07, 6.45) is 9.51. The lowest BCUT2D eigenvalue weighted by atomic mass is 10.0. The van der Waals surface area contributed by atoms with Gasteiger partial charge in [0.05, 0.1) is 23.3 Å². The van der Waals surface area contributed by atoms with E-state index in [1.54, 1.807) is 24.1 Å². The van der Waals surface area contributed by atoms with Crippen LogP contribution < -0.4 is 5.62 Å². The van der Waals surface area contributed by atoms with Crippen molar-refractivity contribution in [1.29, 1.82) is 10.8 Å². The van der Waals surface area contributed by atoms with Crippen LogP contribution in [-0.4, -0.2) is 34.9 Å². The van der Waals surface area contributed by atoms with Gasteiger partial charge in [-0.05, 0) is 18.9 Å². The Morgan fingerprint density at radius 2 is 1.87 bits per heavy atom. The van der Waals surface area contributed by atoms with Crippen LogP contribution in [0.5, 0.6) is 0 Å². The van der Waals surface area contributed by atoms with Gasteiger partial charge in [0, 0.05) is 54.4 Å². The number of halogens is 3. The van der Waals surface area contributed by atoms with Crippen LogP contribution in [0, 0.1) is 16.6 Å². The number of nitrogens with zero attached hydrogens (tertiary/aromatic N) is 6. The van der Waals surface area contributed by atoms with Crippen molar-refractivity contribution in [2.75, 3.05) is 0 Å². The lowest BCUT2D eigenvalue weighted by Gasteiger charge is -2.20. The zero-order chi connectivity index (χ0) is 21.9. The van der Waals surface area contributed by atoms with Crippen molar-refractivity contribution in [3.05, 3.63) is 60.1 Å². The maximum Gasteiger partial charge on any atom is 0.332 e. The van der Waals surface area contributed by atoms with Crippen molar-refractivity contribution in [3.63, 3.8) is 0 Å². The van der Waals surface area contributed by atoms with Crippen molar-refractivity contribution in [3.8, 4) is 11.1 Å². The molecule has 0 bridgehead atoms. The predicted octanol–water partition coefficient (Wildman–Crippen LogP) is 3.20. The maximum atomic E-state index is 15.2. The predicted molar refractivity (Wildman–Crippen MR) is 105 cm³/mol. The van der Waals surface area contributed by atoms with Crippen molar-refractivity contribution in [2.45, 2.75) is 24.8 Å². The van der Waals surface area contributed by atoms with E-state index in [1.165, 1.54) is 23.3 Å². The van der Waals surface area contributed by atoms with Crippen LogP contribution in [0.1, 0.15) is 24.4 Å². The number of benzene rings is 1. The van der Waals surface area contributed by atoms with Crippen LogP contribution in [0.3, 0.4) is 0 Å². The number of fused-ring (bicyclic) bond motifs is 1. The smallest absolute Gasteiger partial charge is 0.282 e. The summed E-state index contributed by atoms with van der Waals surface area (Å²) in [6, 6.07) is 2.24. The summed E-state index contributed by atoms with van der Waals surface area (Å²) in [5, 5.41) is 24.6. The molecule has 1 aliphatic rings. The molecule has 11 heteroatoms. The average molecular weight is 426 g/mol. The zero-order valence-electron chi connectivity index (χ0n) is 16.4. The maximum absolute atomic E-state index is 15.2. The zero-order valence-corrected chi connectivity index (χ0v) is 16.4. The number of alkyl halides is 2. The van der Waals surface area contributed by atoms with Crippen LogP contribution in [0.4, 0.5) is 13.2 Å². The van der Waals surface area contributed by atoms with Gasteiger partial charge in [0.15, 0.2) is 5.84 Å². The van der Waals surface area contributed by atoms with E-state index in [1.807, 2.05) is 0 Å². The minimum Gasteiger partial charge on any atom is -0.282 e. The minimum atomic E-state index is -4.01. The van der Waals surface area contributed by atoms with Gasteiger partial charge in [-0.15, -0.1) is 0 Å². The molecule has 3 heterocycles. The van der Waals surface area contributed by atoms with Gasteiger partial charge in [-0.1, -0.05) is 0 Å². The summed E-state index contributed by atoms with van der Waals surface area (Å²) in [5.74, 6) is -6.46. The number of hydrogen-bond acceptors (Lipinski definition) is 5. The third-order valence-electron chi connectivity index (χ3n) is 5.26. The molecule has 1 aromatic carbocycles. The first-order chi connectivity index (χ1) is 14.7. The van der Waals surface area contributed by atoms with Gasteiger partial charge < -0.3 is 0 Å². The summed E-state index contributed by atoms with van der Waals surface area (Å²) < 4.78 is 48.8. The number of aromatic nitrogens is 6. The van der Waals surface area contributed by atoms with E-state index in [9.17, 15) is 4.39 Å². The largest absolute Gasteiger partial charge is 0.332 e. The Kier molecular flexibility index (Phi) is 4.11. The van der Waals surface area contributed by atoms with Gasteiger partial charge >= 0.3 is 5.92 Å². The molecular formula is C20H17F3N8. The molecule has 0 spiro atoms. The second-order valence-electron chi connectivity index (χ2n) is 7.59. The highest BCUT2D eigenvalue weighted by atomic mass is 19.3. The van der Waals surface area contributed by atoms with E-state index < -0.39 is 28.8 Å². The second kappa shape index (κ2) is 6.62. The molecule has 0 amide bonds. The molecule has 0 radical (unpaired) electrons. The van der Waals surface area contributed by atoms with E-state index >= 15 is 8.78 Å². The van der Waals surface area contributed by atoms with Crippen molar-refractivity contribution >= 4 is 16.7 Å². The lowest BCUT2D eigenvalue weighted by Crippen LogP contribution is -2.39. The molecule has 8 nitrogen and oxygen atoms in total. The Morgan fingerprint density at radius 1 is 1.13 bits per heavy atom. The highest BCUT2D eigenvalue weighted by molar-refractivity contribution is 5.91. The summed E-state index contributed by atoms with van der Waals surface area (Å²) >= 11 is 0. The second-order valence-corrected chi connectivity index (χ2v) is 7.59. The summed E-state index contributed by atoms with van der Waals surface area (Å²) in [5.41, 5.74) is -0.238. The highest BCUT2D eigenvalue weighted by Crippen LogP contribution is 2.36. The molecule has 5 rings (SSSR count). The number of aryl methyl sites for hydroxylation is 1.